The Morgan fingerprint density at radius 1 is 0.250 bits per heavy atom. The molecular weight excluding hydrogens is 775 g/mol. The summed E-state index contributed by atoms with van der Waals surface area (Å²) in [6.45, 7) is 4.75. The molecule has 0 N–H and O–H groups in total. The fourth-order valence-corrected chi connectivity index (χ4v) is 10.5. The van der Waals surface area contributed by atoms with Crippen molar-refractivity contribution in [2.24, 2.45) is 0 Å². The van der Waals surface area contributed by atoms with Crippen LogP contribution in [-0.4, -0.2) is 15.0 Å². The molecule has 1 spiro atoms. The molecule has 0 radical (unpaired) electrons. The smallest absolute Gasteiger partial charge is 0.164 e. The third-order valence-electron chi connectivity index (χ3n) is 13.7. The van der Waals surface area contributed by atoms with Gasteiger partial charge >= 0.3 is 0 Å². The van der Waals surface area contributed by atoms with Gasteiger partial charge in [-0.05, 0) is 84.0 Å². The van der Waals surface area contributed by atoms with Gasteiger partial charge in [0.2, 0.25) is 0 Å². The molecule has 0 aliphatic heterocycles. The van der Waals surface area contributed by atoms with Gasteiger partial charge in [-0.1, -0.05) is 232 Å². The van der Waals surface area contributed by atoms with Crippen molar-refractivity contribution in [3.8, 4) is 78.7 Å². The van der Waals surface area contributed by atoms with Crippen LogP contribution in [0, 0.1) is 0 Å². The molecule has 1 heterocycles. The van der Waals surface area contributed by atoms with Crippen molar-refractivity contribution in [3.63, 3.8) is 0 Å². The maximum atomic E-state index is 5.13. The second-order valence-electron chi connectivity index (χ2n) is 17.5. The fourth-order valence-electron chi connectivity index (χ4n) is 10.5. The van der Waals surface area contributed by atoms with Crippen LogP contribution in [0.2, 0.25) is 0 Å². The fraction of sp³-hybridized carbons (Fsp3) is 0.0656. The van der Waals surface area contributed by atoms with E-state index in [9.17, 15) is 0 Å². The van der Waals surface area contributed by atoms with E-state index in [1.165, 1.54) is 61.2 Å². The van der Waals surface area contributed by atoms with E-state index in [2.05, 4.69) is 226 Å². The Labute approximate surface area is 374 Å². The van der Waals surface area contributed by atoms with Crippen molar-refractivity contribution in [3.05, 3.63) is 258 Å². The highest BCUT2D eigenvalue weighted by molar-refractivity contribution is 5.90. The summed E-state index contributed by atoms with van der Waals surface area (Å²) in [7, 11) is 0. The Kier molecular flexibility index (Phi) is 8.74. The van der Waals surface area contributed by atoms with E-state index in [4.69, 9.17) is 15.0 Å². The quantitative estimate of drug-likeness (QED) is 0.168. The summed E-state index contributed by atoms with van der Waals surface area (Å²) >= 11 is 0. The van der Waals surface area contributed by atoms with Crippen LogP contribution in [0.4, 0.5) is 0 Å². The molecule has 0 saturated heterocycles. The van der Waals surface area contributed by atoms with Crippen LogP contribution in [0.25, 0.3) is 78.7 Å². The first kappa shape index (κ1) is 37.7. The lowest BCUT2D eigenvalue weighted by Gasteiger charge is -2.46. The standard InChI is InChI=1S/C61H43N3/c1-60(2)52-21-11-13-23-54(52)61(55-24-14-12-22-53(55)60)51-20-10-9-19-49(51)50-38-37-48(39-56(50)61)44-29-35-47(36-30-44)59-63-57(45-31-25-42(26-32-45)40-15-5-3-6-16-40)62-58(64-59)46-33-27-43(28-34-46)41-17-7-4-8-18-41/h3-39H,1-2H3. The van der Waals surface area contributed by atoms with Gasteiger partial charge in [0.15, 0.2) is 17.5 Å². The molecular formula is C61H43N3. The number of hydrogen-bond acceptors (Lipinski definition) is 3. The van der Waals surface area contributed by atoms with E-state index < -0.39 is 5.41 Å². The van der Waals surface area contributed by atoms with Gasteiger partial charge < -0.3 is 0 Å². The Balaban J connectivity index is 0.959. The molecule has 0 fully saturated rings. The van der Waals surface area contributed by atoms with Crippen molar-refractivity contribution in [1.82, 2.24) is 15.0 Å². The molecule has 0 saturated carbocycles. The molecule has 0 amide bonds. The summed E-state index contributed by atoms with van der Waals surface area (Å²) in [6.07, 6.45) is 0. The first-order chi connectivity index (χ1) is 31.5. The van der Waals surface area contributed by atoms with Crippen LogP contribution in [0.3, 0.4) is 0 Å². The number of benzene rings is 9. The first-order valence-electron chi connectivity index (χ1n) is 22.1. The molecule has 302 valence electrons. The van der Waals surface area contributed by atoms with Crippen LogP contribution in [-0.2, 0) is 10.8 Å². The lowest BCUT2D eigenvalue weighted by molar-refractivity contribution is 0.563. The summed E-state index contributed by atoms with van der Waals surface area (Å²) < 4.78 is 0. The van der Waals surface area contributed by atoms with E-state index in [1.807, 2.05) is 12.1 Å². The van der Waals surface area contributed by atoms with Gasteiger partial charge in [0, 0.05) is 22.1 Å². The van der Waals surface area contributed by atoms with Crippen molar-refractivity contribution in [2.45, 2.75) is 24.7 Å². The predicted molar refractivity (Wildman–Crippen MR) is 262 cm³/mol. The Morgan fingerprint density at radius 3 is 1.02 bits per heavy atom. The minimum Gasteiger partial charge on any atom is -0.208 e. The number of rotatable bonds is 6. The van der Waals surface area contributed by atoms with Crippen LogP contribution in [0.15, 0.2) is 224 Å². The summed E-state index contributed by atoms with van der Waals surface area (Å²) in [4.78, 5) is 15.3. The molecule has 0 atom stereocenters. The molecule has 10 aromatic rings. The molecule has 1 aromatic heterocycles. The Bertz CT molecular complexity index is 3220. The van der Waals surface area contributed by atoms with Gasteiger partial charge in [-0.15, -0.1) is 0 Å². The number of nitrogens with zero attached hydrogens (tertiary/aromatic N) is 3. The van der Waals surface area contributed by atoms with Gasteiger partial charge in [0.25, 0.3) is 0 Å². The highest BCUT2D eigenvalue weighted by Crippen LogP contribution is 2.62. The van der Waals surface area contributed by atoms with Crippen molar-refractivity contribution in [2.75, 3.05) is 0 Å². The van der Waals surface area contributed by atoms with Crippen LogP contribution in [0.1, 0.15) is 47.2 Å². The van der Waals surface area contributed by atoms with Gasteiger partial charge in [0.05, 0.1) is 5.41 Å². The number of fused-ring (bicyclic) bond motifs is 9. The SMILES string of the molecule is CC1(C)c2ccccc2C2(c3ccccc3-c3ccc(-c4ccc(-c5nc(-c6ccc(-c7ccccc7)cc6)nc(-c6ccc(-c7ccccc7)cc6)n5)cc4)cc32)c2ccccc21. The molecule has 0 bridgehead atoms. The number of hydrogen-bond donors (Lipinski definition) is 0. The van der Waals surface area contributed by atoms with Gasteiger partial charge in [-0.25, -0.2) is 15.0 Å². The zero-order valence-corrected chi connectivity index (χ0v) is 35.7. The minimum atomic E-state index is -0.444. The molecule has 3 nitrogen and oxygen atoms in total. The molecule has 12 rings (SSSR count). The molecule has 2 aliphatic carbocycles. The highest BCUT2D eigenvalue weighted by Gasteiger charge is 2.53. The summed E-state index contributed by atoms with van der Waals surface area (Å²) in [5, 5.41) is 0. The van der Waals surface area contributed by atoms with Gasteiger partial charge in [0.1, 0.15) is 0 Å². The molecule has 2 aliphatic rings. The van der Waals surface area contributed by atoms with E-state index in [0.717, 1.165) is 33.4 Å². The first-order valence-corrected chi connectivity index (χ1v) is 22.1. The zero-order valence-electron chi connectivity index (χ0n) is 35.7. The van der Waals surface area contributed by atoms with Crippen LogP contribution >= 0.6 is 0 Å². The van der Waals surface area contributed by atoms with Crippen molar-refractivity contribution in [1.29, 1.82) is 0 Å². The lowest BCUT2D eigenvalue weighted by Crippen LogP contribution is -2.40. The van der Waals surface area contributed by atoms with Crippen molar-refractivity contribution < 1.29 is 0 Å². The monoisotopic (exact) mass is 817 g/mol. The third-order valence-corrected chi connectivity index (χ3v) is 13.7. The van der Waals surface area contributed by atoms with Gasteiger partial charge in [-0.2, -0.15) is 0 Å². The van der Waals surface area contributed by atoms with Gasteiger partial charge in [-0.3, -0.25) is 0 Å². The topological polar surface area (TPSA) is 38.7 Å². The molecule has 0 unspecified atom stereocenters. The van der Waals surface area contributed by atoms with E-state index >= 15 is 0 Å². The maximum Gasteiger partial charge on any atom is 0.164 e. The lowest BCUT2D eigenvalue weighted by atomic mass is 9.55. The minimum absolute atomic E-state index is 0.143. The van der Waals surface area contributed by atoms with Crippen molar-refractivity contribution >= 4 is 0 Å². The second-order valence-corrected chi connectivity index (χ2v) is 17.5. The average molecular weight is 818 g/mol. The largest absolute Gasteiger partial charge is 0.208 e. The van der Waals surface area contributed by atoms with Crippen LogP contribution in [0.5, 0.6) is 0 Å². The summed E-state index contributed by atoms with van der Waals surface area (Å²) in [5.74, 6) is 1.90. The third kappa shape index (κ3) is 5.92. The predicted octanol–water partition coefficient (Wildman–Crippen LogP) is 14.9. The summed E-state index contributed by atoms with van der Waals surface area (Å²) in [6, 6.07) is 80.9. The zero-order chi connectivity index (χ0) is 42.8. The highest BCUT2D eigenvalue weighted by atomic mass is 15.0. The van der Waals surface area contributed by atoms with E-state index in [-0.39, 0.29) is 5.41 Å². The maximum absolute atomic E-state index is 5.13. The van der Waals surface area contributed by atoms with Crippen LogP contribution < -0.4 is 0 Å². The Morgan fingerprint density at radius 2 is 0.562 bits per heavy atom. The molecule has 3 heteroatoms. The van der Waals surface area contributed by atoms with E-state index in [1.54, 1.807) is 0 Å². The average Bonchev–Trinajstić information content (AvgIpc) is 3.66. The Hall–Kier alpha value is -8.01. The molecule has 64 heavy (non-hydrogen) atoms. The second kappa shape index (κ2) is 14.8. The van der Waals surface area contributed by atoms with E-state index in [0.29, 0.717) is 17.5 Å². The number of aromatic nitrogens is 3. The summed E-state index contributed by atoms with van der Waals surface area (Å²) in [5.41, 5.74) is 19.9. The molecule has 9 aromatic carbocycles. The normalized spacial score (nSPS) is 13.7.